The van der Waals surface area contributed by atoms with Crippen molar-refractivity contribution in [3.8, 4) is 0 Å². The quantitative estimate of drug-likeness (QED) is 0.624. The number of benzene rings is 2. The highest BCUT2D eigenvalue weighted by Gasteiger charge is 2.25. The molecule has 138 valence electrons. The molecule has 0 unspecified atom stereocenters. The number of aliphatic hydroxyl groups excluding tert-OH is 1. The Hall–Kier alpha value is -2.74. The number of aryl methyl sites for hydroxylation is 1. The Morgan fingerprint density at radius 3 is 2.85 bits per heavy atom. The van der Waals surface area contributed by atoms with E-state index >= 15 is 0 Å². The van der Waals surface area contributed by atoms with Crippen molar-refractivity contribution in [3.05, 3.63) is 64.1 Å². The zero-order valence-electron chi connectivity index (χ0n) is 14.0. The zero-order valence-corrected chi connectivity index (χ0v) is 15.6. The number of aromatic nitrogens is 2. The van der Waals surface area contributed by atoms with E-state index in [4.69, 9.17) is 0 Å². The van der Waals surface area contributed by atoms with E-state index in [2.05, 4.69) is 26.2 Å². The van der Waals surface area contributed by atoms with Crippen LogP contribution in [0.15, 0.2) is 46.6 Å². The van der Waals surface area contributed by atoms with E-state index in [0.29, 0.717) is 30.4 Å². The van der Waals surface area contributed by atoms with Crippen molar-refractivity contribution in [2.24, 2.45) is 0 Å². The highest BCUT2D eigenvalue weighted by molar-refractivity contribution is 9.10. The Morgan fingerprint density at radius 1 is 1.30 bits per heavy atom. The molecule has 0 atom stereocenters. The van der Waals surface area contributed by atoms with Crippen LogP contribution in [0.5, 0.6) is 0 Å². The molecule has 0 spiro atoms. The summed E-state index contributed by atoms with van der Waals surface area (Å²) in [6.07, 6.45) is 0.197. The number of para-hydroxylation sites is 2. The van der Waals surface area contributed by atoms with Crippen LogP contribution in [0.1, 0.15) is 18.7 Å². The van der Waals surface area contributed by atoms with Gasteiger partial charge in [0.05, 0.1) is 23.1 Å². The first-order valence-corrected chi connectivity index (χ1v) is 9.04. The normalized spacial score (nSPS) is 13.7. The molecule has 1 amide bonds. The lowest BCUT2D eigenvalue weighted by Crippen LogP contribution is -2.18. The van der Waals surface area contributed by atoms with Crippen molar-refractivity contribution in [3.63, 3.8) is 0 Å². The topological polar surface area (TPSA) is 67.1 Å². The zero-order chi connectivity index (χ0) is 19.1. The number of carbonyl (C=O) groups excluding carboxylic acids is 1. The minimum atomic E-state index is -0.885. The molecule has 5 nitrogen and oxygen atoms in total. The predicted octanol–water partition coefficient (Wildman–Crippen LogP) is 4.78. The second kappa shape index (κ2) is 6.77. The number of aliphatic hydroxyl groups is 1. The molecule has 4 rings (SSSR count). The van der Waals surface area contributed by atoms with E-state index in [1.807, 2.05) is 28.8 Å². The Balaban J connectivity index is 1.64. The van der Waals surface area contributed by atoms with E-state index in [0.717, 1.165) is 17.1 Å². The van der Waals surface area contributed by atoms with E-state index in [9.17, 15) is 18.7 Å². The molecule has 2 heterocycles. The third kappa shape index (κ3) is 3.21. The SMILES string of the molecule is O=C(CC1=C(O)CCn2c1nc1ccccc12)Nc1c(F)cc(F)cc1Br. The van der Waals surface area contributed by atoms with Crippen molar-refractivity contribution >= 4 is 44.1 Å². The Labute approximate surface area is 161 Å². The standard InChI is InChI=1S/C19H14BrF2N3O2/c20-12-7-10(21)8-13(22)18(12)24-17(27)9-11-16(26)5-6-25-15-4-2-1-3-14(15)23-19(11)25/h1-4,7-8,26H,5-6,9H2,(H,24,27). The first kappa shape index (κ1) is 17.7. The van der Waals surface area contributed by atoms with Gasteiger partial charge in [-0.05, 0) is 34.1 Å². The van der Waals surface area contributed by atoms with Gasteiger partial charge in [-0.3, -0.25) is 4.79 Å². The summed E-state index contributed by atoms with van der Waals surface area (Å²) in [4.78, 5) is 17.0. The van der Waals surface area contributed by atoms with Gasteiger partial charge in [-0.1, -0.05) is 12.1 Å². The van der Waals surface area contributed by atoms with E-state index < -0.39 is 17.5 Å². The van der Waals surface area contributed by atoms with Gasteiger partial charge in [-0.15, -0.1) is 0 Å². The molecule has 1 aromatic heterocycles. The molecule has 3 aromatic rings. The van der Waals surface area contributed by atoms with Gasteiger partial charge in [0.25, 0.3) is 0 Å². The molecule has 2 N–H and O–H groups in total. The third-order valence-electron chi connectivity index (χ3n) is 4.45. The van der Waals surface area contributed by atoms with Crippen molar-refractivity contribution < 1.29 is 18.7 Å². The summed E-state index contributed by atoms with van der Waals surface area (Å²) in [5.74, 6) is -1.56. The van der Waals surface area contributed by atoms with Crippen molar-refractivity contribution in [2.45, 2.75) is 19.4 Å². The van der Waals surface area contributed by atoms with Crippen LogP contribution in [0.3, 0.4) is 0 Å². The van der Waals surface area contributed by atoms with Gasteiger partial charge in [0.15, 0.2) is 5.82 Å². The summed E-state index contributed by atoms with van der Waals surface area (Å²) >= 11 is 3.04. The second-order valence-corrected chi connectivity index (χ2v) is 7.07. The minimum absolute atomic E-state index is 0.0894. The molecule has 0 bridgehead atoms. The summed E-state index contributed by atoms with van der Waals surface area (Å²) in [6, 6.07) is 9.31. The van der Waals surface area contributed by atoms with Gasteiger partial charge in [0.1, 0.15) is 17.4 Å². The maximum atomic E-state index is 13.9. The smallest absolute Gasteiger partial charge is 0.229 e. The van der Waals surface area contributed by atoms with E-state index in [-0.39, 0.29) is 22.3 Å². The average Bonchev–Trinajstić information content (AvgIpc) is 2.99. The number of hydrogen-bond acceptors (Lipinski definition) is 3. The molecule has 0 radical (unpaired) electrons. The molecule has 0 saturated carbocycles. The number of amides is 1. The van der Waals surface area contributed by atoms with Gasteiger partial charge in [0.2, 0.25) is 5.91 Å². The average molecular weight is 434 g/mol. The van der Waals surface area contributed by atoms with Crippen LogP contribution in [0.4, 0.5) is 14.5 Å². The molecule has 1 aliphatic rings. The number of rotatable bonds is 3. The number of halogens is 3. The fraction of sp³-hybridized carbons (Fsp3) is 0.158. The van der Waals surface area contributed by atoms with Gasteiger partial charge in [0, 0.05) is 29.1 Å². The van der Waals surface area contributed by atoms with Crippen molar-refractivity contribution in [2.75, 3.05) is 5.32 Å². The molecule has 0 aliphatic carbocycles. The lowest BCUT2D eigenvalue weighted by Gasteiger charge is -2.19. The fourth-order valence-electron chi connectivity index (χ4n) is 3.22. The Kier molecular flexibility index (Phi) is 4.43. The lowest BCUT2D eigenvalue weighted by molar-refractivity contribution is -0.115. The summed E-state index contributed by atoms with van der Waals surface area (Å²) in [6.45, 7) is 0.560. The predicted molar refractivity (Wildman–Crippen MR) is 101 cm³/mol. The fourth-order valence-corrected chi connectivity index (χ4v) is 3.72. The van der Waals surface area contributed by atoms with Crippen LogP contribution in [0, 0.1) is 11.6 Å². The van der Waals surface area contributed by atoms with Crippen LogP contribution in [-0.2, 0) is 11.3 Å². The Bertz CT molecular complexity index is 1080. The first-order chi connectivity index (χ1) is 12.9. The summed E-state index contributed by atoms with van der Waals surface area (Å²) in [5, 5.41) is 12.7. The van der Waals surface area contributed by atoms with E-state index in [1.165, 1.54) is 0 Å². The number of fused-ring (bicyclic) bond motifs is 3. The molecule has 0 saturated heterocycles. The van der Waals surface area contributed by atoms with Crippen LogP contribution in [0.2, 0.25) is 0 Å². The Morgan fingerprint density at radius 2 is 2.07 bits per heavy atom. The molecule has 27 heavy (non-hydrogen) atoms. The molecular formula is C19H14BrF2N3O2. The number of imidazole rings is 1. The van der Waals surface area contributed by atoms with Crippen LogP contribution < -0.4 is 5.32 Å². The summed E-state index contributed by atoms with van der Waals surface area (Å²) in [5.41, 5.74) is 1.94. The number of allylic oxidation sites excluding steroid dienone is 1. The highest BCUT2D eigenvalue weighted by atomic mass is 79.9. The van der Waals surface area contributed by atoms with Crippen LogP contribution in [0.25, 0.3) is 16.6 Å². The maximum Gasteiger partial charge on any atom is 0.229 e. The molecule has 8 heteroatoms. The minimum Gasteiger partial charge on any atom is -0.512 e. The highest BCUT2D eigenvalue weighted by Crippen LogP contribution is 2.32. The van der Waals surface area contributed by atoms with Gasteiger partial charge in [-0.2, -0.15) is 0 Å². The van der Waals surface area contributed by atoms with Crippen LogP contribution >= 0.6 is 15.9 Å². The monoisotopic (exact) mass is 433 g/mol. The number of nitrogens with zero attached hydrogens (tertiary/aromatic N) is 2. The number of hydrogen-bond donors (Lipinski definition) is 2. The van der Waals surface area contributed by atoms with Gasteiger partial charge >= 0.3 is 0 Å². The summed E-state index contributed by atoms with van der Waals surface area (Å²) < 4.78 is 29.2. The maximum absolute atomic E-state index is 13.9. The van der Waals surface area contributed by atoms with Gasteiger partial charge in [-0.25, -0.2) is 13.8 Å². The first-order valence-electron chi connectivity index (χ1n) is 8.25. The van der Waals surface area contributed by atoms with E-state index in [1.54, 1.807) is 0 Å². The number of carbonyl (C=O) groups is 1. The number of anilines is 1. The summed E-state index contributed by atoms with van der Waals surface area (Å²) in [7, 11) is 0. The van der Waals surface area contributed by atoms with Crippen LogP contribution in [-0.4, -0.2) is 20.6 Å². The largest absolute Gasteiger partial charge is 0.512 e. The lowest BCUT2D eigenvalue weighted by atomic mass is 10.0. The number of nitrogens with one attached hydrogen (secondary N) is 1. The molecule has 0 fully saturated rings. The second-order valence-electron chi connectivity index (χ2n) is 6.22. The molecule has 2 aromatic carbocycles. The third-order valence-corrected chi connectivity index (χ3v) is 5.08. The van der Waals surface area contributed by atoms with Crippen molar-refractivity contribution in [1.82, 2.24) is 9.55 Å². The van der Waals surface area contributed by atoms with Crippen molar-refractivity contribution in [1.29, 1.82) is 0 Å². The molecular weight excluding hydrogens is 420 g/mol. The van der Waals surface area contributed by atoms with Gasteiger partial charge < -0.3 is 15.0 Å². The molecule has 1 aliphatic heterocycles.